The number of hydrogen-bond acceptors (Lipinski definition) is 2. The quantitative estimate of drug-likeness (QED) is 0.883. The Bertz CT molecular complexity index is 574. The lowest BCUT2D eigenvalue weighted by molar-refractivity contribution is -0.137. The van der Waals surface area contributed by atoms with Crippen molar-refractivity contribution in [3.63, 3.8) is 0 Å². The van der Waals surface area contributed by atoms with Crippen molar-refractivity contribution in [1.82, 2.24) is 10.6 Å². The summed E-state index contributed by atoms with van der Waals surface area (Å²) in [6.45, 7) is 1.20. The lowest BCUT2D eigenvalue weighted by Gasteiger charge is -2.47. The average molecular weight is 342 g/mol. The molecule has 1 saturated heterocycles. The minimum atomic E-state index is -4.32. The van der Waals surface area contributed by atoms with Crippen LogP contribution in [0.25, 0.3) is 0 Å². The molecule has 0 unspecified atom stereocenters. The highest BCUT2D eigenvalue weighted by Gasteiger charge is 2.43. The van der Waals surface area contributed by atoms with Crippen LogP contribution in [0.3, 0.4) is 0 Å². The smallest absolute Gasteiger partial charge is 0.378 e. The van der Waals surface area contributed by atoms with Gasteiger partial charge in [0.15, 0.2) is 0 Å². The minimum Gasteiger partial charge on any atom is -0.378 e. The fourth-order valence-corrected chi connectivity index (χ4v) is 3.36. The van der Waals surface area contributed by atoms with Gasteiger partial charge in [0.2, 0.25) is 0 Å². The van der Waals surface area contributed by atoms with E-state index in [-0.39, 0.29) is 18.2 Å². The molecule has 1 aliphatic carbocycles. The standard InChI is InChI=1S/C17H21F3N2O2/c18-17(19,20)12-5-3-11(4-6-12)7-8-21-16(23)22-14-10-15-13(14)2-1-9-24-15/h3-6,13-15H,1-2,7-10H2,(H2,21,22,23)/t13-,14-,15-/m1/s1. The van der Waals surface area contributed by atoms with E-state index in [1.54, 1.807) is 0 Å². The minimum absolute atomic E-state index is 0.168. The Labute approximate surface area is 138 Å². The number of rotatable bonds is 4. The molecule has 1 aromatic carbocycles. The molecule has 1 aliphatic heterocycles. The molecular formula is C17H21F3N2O2. The van der Waals surface area contributed by atoms with Crippen molar-refractivity contribution >= 4 is 6.03 Å². The van der Waals surface area contributed by atoms with Crippen LogP contribution < -0.4 is 10.6 Å². The van der Waals surface area contributed by atoms with Gasteiger partial charge in [-0.3, -0.25) is 0 Å². The predicted octanol–water partition coefficient (Wildman–Crippen LogP) is 3.11. The molecule has 0 spiro atoms. The van der Waals surface area contributed by atoms with Crippen LogP contribution in [0.15, 0.2) is 24.3 Å². The summed E-state index contributed by atoms with van der Waals surface area (Å²) >= 11 is 0. The van der Waals surface area contributed by atoms with Gasteiger partial charge in [0.1, 0.15) is 0 Å². The summed E-state index contributed by atoms with van der Waals surface area (Å²) in [5.41, 5.74) is 0.0962. The largest absolute Gasteiger partial charge is 0.416 e. The van der Waals surface area contributed by atoms with Crippen molar-refractivity contribution in [2.45, 2.75) is 44.0 Å². The number of benzene rings is 1. The summed E-state index contributed by atoms with van der Waals surface area (Å²) in [5, 5.41) is 5.71. The maximum absolute atomic E-state index is 12.5. The van der Waals surface area contributed by atoms with Gasteiger partial charge in [-0.2, -0.15) is 13.2 Å². The molecular weight excluding hydrogens is 321 g/mol. The van der Waals surface area contributed by atoms with Crippen molar-refractivity contribution < 1.29 is 22.7 Å². The molecule has 2 amide bonds. The first kappa shape index (κ1) is 17.1. The van der Waals surface area contributed by atoms with E-state index in [4.69, 9.17) is 4.74 Å². The third-order valence-corrected chi connectivity index (χ3v) is 4.79. The molecule has 0 aromatic heterocycles. The summed E-state index contributed by atoms with van der Waals surface area (Å²) in [4.78, 5) is 11.9. The Morgan fingerprint density at radius 2 is 2.00 bits per heavy atom. The molecule has 0 radical (unpaired) electrons. The van der Waals surface area contributed by atoms with Crippen LogP contribution in [-0.4, -0.2) is 31.3 Å². The highest BCUT2D eigenvalue weighted by atomic mass is 19.4. The van der Waals surface area contributed by atoms with Gasteiger partial charge in [-0.15, -0.1) is 0 Å². The number of carbonyl (C=O) groups is 1. The third kappa shape index (κ3) is 4.01. The maximum atomic E-state index is 12.5. The predicted molar refractivity (Wildman–Crippen MR) is 82.6 cm³/mol. The number of urea groups is 1. The number of halogens is 3. The van der Waals surface area contributed by atoms with Crippen molar-refractivity contribution in [3.05, 3.63) is 35.4 Å². The fourth-order valence-electron chi connectivity index (χ4n) is 3.36. The van der Waals surface area contributed by atoms with Crippen molar-refractivity contribution in [3.8, 4) is 0 Å². The first-order chi connectivity index (χ1) is 11.4. The van der Waals surface area contributed by atoms with E-state index in [0.717, 1.165) is 43.6 Å². The molecule has 3 rings (SSSR count). The first-order valence-electron chi connectivity index (χ1n) is 8.25. The monoisotopic (exact) mass is 342 g/mol. The van der Waals surface area contributed by atoms with Crippen LogP contribution in [0.1, 0.15) is 30.4 Å². The van der Waals surface area contributed by atoms with E-state index in [1.807, 2.05) is 0 Å². The molecule has 132 valence electrons. The van der Waals surface area contributed by atoms with Crippen molar-refractivity contribution in [1.29, 1.82) is 0 Å². The second kappa shape index (κ2) is 7.01. The van der Waals surface area contributed by atoms with Crippen LogP contribution in [0.4, 0.5) is 18.0 Å². The Kier molecular flexibility index (Phi) is 4.99. The molecule has 24 heavy (non-hydrogen) atoms. The number of nitrogens with one attached hydrogen (secondary N) is 2. The van der Waals surface area contributed by atoms with Gasteiger partial charge in [-0.25, -0.2) is 4.79 Å². The number of ether oxygens (including phenoxy) is 1. The topological polar surface area (TPSA) is 50.4 Å². The van der Waals surface area contributed by atoms with Gasteiger partial charge in [0.25, 0.3) is 0 Å². The third-order valence-electron chi connectivity index (χ3n) is 4.79. The molecule has 2 fully saturated rings. The average Bonchev–Trinajstić information content (AvgIpc) is 2.52. The fraction of sp³-hybridized carbons (Fsp3) is 0.588. The van der Waals surface area contributed by atoms with Crippen LogP contribution in [0, 0.1) is 5.92 Å². The zero-order chi connectivity index (χ0) is 17.2. The van der Waals surface area contributed by atoms with E-state index < -0.39 is 11.7 Å². The summed E-state index contributed by atoms with van der Waals surface area (Å²) in [7, 11) is 0. The summed E-state index contributed by atoms with van der Waals surface area (Å²) < 4.78 is 43.1. The maximum Gasteiger partial charge on any atom is 0.416 e. The highest BCUT2D eigenvalue weighted by molar-refractivity contribution is 5.74. The van der Waals surface area contributed by atoms with Gasteiger partial charge in [0.05, 0.1) is 11.7 Å². The molecule has 1 heterocycles. The number of alkyl halides is 3. The Balaban J connectivity index is 1.38. The first-order valence-corrected chi connectivity index (χ1v) is 8.25. The van der Waals surface area contributed by atoms with Crippen molar-refractivity contribution in [2.75, 3.05) is 13.2 Å². The Morgan fingerprint density at radius 3 is 2.67 bits per heavy atom. The molecule has 0 bridgehead atoms. The number of hydrogen-bond donors (Lipinski definition) is 2. The van der Waals surface area contributed by atoms with E-state index in [9.17, 15) is 18.0 Å². The van der Waals surface area contributed by atoms with Gasteiger partial charge in [-0.1, -0.05) is 12.1 Å². The van der Waals surface area contributed by atoms with E-state index in [1.165, 1.54) is 12.1 Å². The zero-order valence-corrected chi connectivity index (χ0v) is 13.2. The second-order valence-corrected chi connectivity index (χ2v) is 6.40. The summed E-state index contributed by atoms with van der Waals surface area (Å²) in [5.74, 6) is 0.416. The molecule has 2 aliphatic rings. The SMILES string of the molecule is O=C(NCCc1ccc(C(F)(F)F)cc1)N[C@@H]1C[C@H]2OCCC[C@H]12. The molecule has 7 heteroatoms. The normalized spacial score (nSPS) is 26.2. The van der Waals surface area contributed by atoms with Gasteiger partial charge >= 0.3 is 12.2 Å². The van der Waals surface area contributed by atoms with E-state index in [2.05, 4.69) is 10.6 Å². The number of amides is 2. The lowest BCUT2D eigenvalue weighted by Crippen LogP contribution is -2.59. The van der Waals surface area contributed by atoms with Crippen LogP contribution in [-0.2, 0) is 17.3 Å². The van der Waals surface area contributed by atoms with E-state index in [0.29, 0.717) is 18.9 Å². The van der Waals surface area contributed by atoms with E-state index >= 15 is 0 Å². The van der Waals surface area contributed by atoms with Gasteiger partial charge < -0.3 is 15.4 Å². The summed E-state index contributed by atoms with van der Waals surface area (Å²) in [6, 6.07) is 4.95. The zero-order valence-electron chi connectivity index (χ0n) is 13.2. The Morgan fingerprint density at radius 1 is 1.25 bits per heavy atom. The lowest BCUT2D eigenvalue weighted by atomic mass is 9.72. The van der Waals surface area contributed by atoms with Crippen LogP contribution >= 0.6 is 0 Å². The Hall–Kier alpha value is -1.76. The molecule has 4 nitrogen and oxygen atoms in total. The highest BCUT2D eigenvalue weighted by Crippen LogP contribution is 2.37. The number of fused-ring (bicyclic) bond motifs is 1. The van der Waals surface area contributed by atoms with Gasteiger partial charge in [-0.05, 0) is 43.4 Å². The van der Waals surface area contributed by atoms with Crippen molar-refractivity contribution in [2.24, 2.45) is 5.92 Å². The second-order valence-electron chi connectivity index (χ2n) is 6.40. The number of carbonyl (C=O) groups excluding carboxylic acids is 1. The van der Waals surface area contributed by atoms with Crippen LogP contribution in [0.5, 0.6) is 0 Å². The molecule has 1 aromatic rings. The summed E-state index contributed by atoms with van der Waals surface area (Å²) in [6.07, 6.45) is -0.560. The van der Waals surface area contributed by atoms with Crippen LogP contribution in [0.2, 0.25) is 0 Å². The molecule has 1 saturated carbocycles. The molecule has 3 atom stereocenters. The molecule has 2 N–H and O–H groups in total. The van der Waals surface area contributed by atoms with Gasteiger partial charge in [0, 0.05) is 25.1 Å².